The Labute approximate surface area is 189 Å². The van der Waals surface area contributed by atoms with E-state index in [0.29, 0.717) is 21.6 Å². The Kier molecular flexibility index (Phi) is 5.97. The van der Waals surface area contributed by atoms with Gasteiger partial charge in [-0.15, -0.1) is 0 Å². The Balaban J connectivity index is 1.81. The lowest BCUT2D eigenvalue weighted by atomic mass is 10.1. The summed E-state index contributed by atoms with van der Waals surface area (Å²) < 4.78 is 2.38. The minimum atomic E-state index is -0.599. The molecule has 1 aromatic heterocycles. The molecule has 1 amide bonds. The Hall–Kier alpha value is -3.64. The second-order valence-corrected chi connectivity index (χ2v) is 8.15. The largest absolute Gasteiger partial charge is 0.348 e. The Morgan fingerprint density at radius 1 is 1.00 bits per heavy atom. The smallest absolute Gasteiger partial charge is 0.336 e. The van der Waals surface area contributed by atoms with Crippen LogP contribution in [0.5, 0.6) is 0 Å². The van der Waals surface area contributed by atoms with Crippen LogP contribution in [-0.4, -0.2) is 15.0 Å². The molecule has 4 aromatic rings. The highest BCUT2D eigenvalue weighted by Crippen LogP contribution is 2.17. The summed E-state index contributed by atoms with van der Waals surface area (Å²) in [4.78, 5) is 39.5. The van der Waals surface area contributed by atoms with E-state index < -0.39 is 11.2 Å². The van der Waals surface area contributed by atoms with Crippen molar-refractivity contribution in [3.63, 3.8) is 0 Å². The van der Waals surface area contributed by atoms with Crippen molar-refractivity contribution in [1.82, 2.24) is 14.5 Å². The zero-order chi connectivity index (χ0) is 22.8. The lowest BCUT2D eigenvalue weighted by molar-refractivity contribution is -0.122. The van der Waals surface area contributed by atoms with Crippen LogP contribution in [0.4, 0.5) is 0 Å². The number of amides is 1. The molecule has 0 saturated carbocycles. The molecule has 7 heteroatoms. The summed E-state index contributed by atoms with van der Waals surface area (Å²) in [6.07, 6.45) is 0. The van der Waals surface area contributed by atoms with Crippen LogP contribution in [0.15, 0.2) is 82.4 Å². The first-order chi connectivity index (χ1) is 15.3. The average Bonchev–Trinajstić information content (AvgIpc) is 2.77. The molecule has 1 N–H and O–H groups in total. The molecule has 0 fully saturated rings. The van der Waals surface area contributed by atoms with E-state index in [1.54, 1.807) is 30.3 Å². The summed E-state index contributed by atoms with van der Waals surface area (Å²) in [7, 11) is 0. The first-order valence-corrected chi connectivity index (χ1v) is 10.6. The number of hydrogen-bond acceptors (Lipinski definition) is 3. The number of aryl methyl sites for hydroxylation is 1. The molecule has 0 radical (unpaired) electrons. The third-order valence-corrected chi connectivity index (χ3v) is 5.58. The Morgan fingerprint density at radius 3 is 2.47 bits per heavy atom. The molecule has 0 bridgehead atoms. The molecule has 162 valence electrons. The number of carbonyl (C=O) groups is 1. The molecule has 0 spiro atoms. The summed E-state index contributed by atoms with van der Waals surface area (Å²) in [5, 5.41) is 3.59. The van der Waals surface area contributed by atoms with E-state index in [-0.39, 0.29) is 18.5 Å². The number of hydrogen-bond donors (Lipinski definition) is 1. The maximum absolute atomic E-state index is 13.4. The summed E-state index contributed by atoms with van der Waals surface area (Å²) in [6.45, 7) is 3.50. The Morgan fingerprint density at radius 2 is 1.75 bits per heavy atom. The number of rotatable bonds is 5. The number of nitrogens with zero attached hydrogens (tertiary/aromatic N) is 2. The lowest BCUT2D eigenvalue weighted by Crippen LogP contribution is -2.42. The minimum absolute atomic E-state index is 0.239. The molecular formula is C25H22ClN3O3. The molecule has 32 heavy (non-hydrogen) atoms. The van der Waals surface area contributed by atoms with E-state index in [2.05, 4.69) is 5.32 Å². The van der Waals surface area contributed by atoms with Gasteiger partial charge in [0.05, 0.1) is 22.6 Å². The standard InChI is InChI=1S/C25H22ClN3O3/c1-16-7-6-10-20(13-16)29-24(31)21-12-11-19(26)14-22(21)28(25(29)32)15-23(30)27-17(2)18-8-4-3-5-9-18/h3-14,17H,15H2,1-2H3,(H,27,30). The van der Waals surface area contributed by atoms with Gasteiger partial charge in [-0.1, -0.05) is 54.1 Å². The quantitative estimate of drug-likeness (QED) is 0.502. The molecule has 6 nitrogen and oxygen atoms in total. The van der Waals surface area contributed by atoms with E-state index in [0.717, 1.165) is 15.7 Å². The van der Waals surface area contributed by atoms with Crippen LogP contribution in [0, 0.1) is 6.92 Å². The molecule has 0 aliphatic rings. The SMILES string of the molecule is Cc1cccc(-n2c(=O)c3ccc(Cl)cc3n(CC(=O)NC(C)c3ccccc3)c2=O)c1. The van der Waals surface area contributed by atoms with Crippen LogP contribution >= 0.6 is 11.6 Å². The molecule has 1 atom stereocenters. The molecule has 0 aliphatic carbocycles. The highest BCUT2D eigenvalue weighted by Gasteiger charge is 2.18. The fourth-order valence-electron chi connectivity index (χ4n) is 3.74. The van der Waals surface area contributed by atoms with Crippen molar-refractivity contribution in [2.45, 2.75) is 26.4 Å². The van der Waals surface area contributed by atoms with Crippen molar-refractivity contribution in [3.8, 4) is 5.69 Å². The van der Waals surface area contributed by atoms with E-state index in [4.69, 9.17) is 11.6 Å². The number of nitrogens with one attached hydrogen (secondary N) is 1. The van der Waals surface area contributed by atoms with Crippen LogP contribution in [0.2, 0.25) is 5.02 Å². The summed E-state index contributed by atoms with van der Waals surface area (Å²) in [5.41, 5.74) is 1.57. The predicted octanol–water partition coefficient (Wildman–Crippen LogP) is 3.99. The Bertz CT molecular complexity index is 1420. The highest BCUT2D eigenvalue weighted by atomic mass is 35.5. The lowest BCUT2D eigenvalue weighted by Gasteiger charge is -2.17. The van der Waals surface area contributed by atoms with Gasteiger partial charge in [-0.3, -0.25) is 14.2 Å². The third-order valence-electron chi connectivity index (χ3n) is 5.34. The first-order valence-electron chi connectivity index (χ1n) is 10.2. The van der Waals surface area contributed by atoms with Crippen LogP contribution < -0.4 is 16.6 Å². The molecule has 1 unspecified atom stereocenters. The topological polar surface area (TPSA) is 73.1 Å². The van der Waals surface area contributed by atoms with Gasteiger partial charge in [0.1, 0.15) is 6.54 Å². The zero-order valence-corrected chi connectivity index (χ0v) is 18.5. The highest BCUT2D eigenvalue weighted by molar-refractivity contribution is 6.31. The van der Waals surface area contributed by atoms with Gasteiger partial charge in [0.25, 0.3) is 5.56 Å². The van der Waals surface area contributed by atoms with Gasteiger partial charge in [-0.2, -0.15) is 0 Å². The second-order valence-electron chi connectivity index (χ2n) is 7.71. The summed E-state index contributed by atoms with van der Waals surface area (Å²) >= 11 is 6.15. The van der Waals surface area contributed by atoms with Gasteiger partial charge in [-0.25, -0.2) is 9.36 Å². The summed E-state index contributed by atoms with van der Waals surface area (Å²) in [6, 6.07) is 21.1. The van der Waals surface area contributed by atoms with Crippen molar-refractivity contribution >= 4 is 28.4 Å². The monoisotopic (exact) mass is 447 g/mol. The molecule has 4 rings (SSSR count). The van der Waals surface area contributed by atoms with Crippen LogP contribution in [0.25, 0.3) is 16.6 Å². The molecule has 0 aliphatic heterocycles. The zero-order valence-electron chi connectivity index (χ0n) is 17.7. The van der Waals surface area contributed by atoms with Gasteiger partial charge in [0, 0.05) is 5.02 Å². The van der Waals surface area contributed by atoms with E-state index in [1.807, 2.05) is 50.2 Å². The van der Waals surface area contributed by atoms with E-state index in [1.165, 1.54) is 10.6 Å². The minimum Gasteiger partial charge on any atom is -0.348 e. The van der Waals surface area contributed by atoms with Crippen LogP contribution in [0.1, 0.15) is 24.1 Å². The first kappa shape index (κ1) is 21.6. The number of carbonyl (C=O) groups excluding carboxylic acids is 1. The van der Waals surface area contributed by atoms with Crippen molar-refractivity contribution < 1.29 is 4.79 Å². The van der Waals surface area contributed by atoms with E-state index >= 15 is 0 Å². The predicted molar refractivity (Wildman–Crippen MR) is 127 cm³/mol. The van der Waals surface area contributed by atoms with Crippen LogP contribution in [0.3, 0.4) is 0 Å². The van der Waals surface area contributed by atoms with Gasteiger partial charge in [-0.05, 0) is 55.3 Å². The number of aromatic nitrogens is 2. The molecule has 3 aromatic carbocycles. The second kappa shape index (κ2) is 8.85. The number of fused-ring (bicyclic) bond motifs is 1. The van der Waals surface area contributed by atoms with Crippen molar-refractivity contribution in [2.24, 2.45) is 0 Å². The fraction of sp³-hybridized carbons (Fsp3) is 0.160. The maximum Gasteiger partial charge on any atom is 0.336 e. The molecular weight excluding hydrogens is 426 g/mol. The van der Waals surface area contributed by atoms with Gasteiger partial charge < -0.3 is 5.32 Å². The van der Waals surface area contributed by atoms with E-state index in [9.17, 15) is 14.4 Å². The van der Waals surface area contributed by atoms with Crippen molar-refractivity contribution in [2.75, 3.05) is 0 Å². The van der Waals surface area contributed by atoms with Gasteiger partial charge in [0.15, 0.2) is 0 Å². The maximum atomic E-state index is 13.4. The normalized spacial score (nSPS) is 12.0. The average molecular weight is 448 g/mol. The third kappa shape index (κ3) is 4.22. The van der Waals surface area contributed by atoms with Crippen LogP contribution in [-0.2, 0) is 11.3 Å². The number of halogens is 1. The molecule has 1 heterocycles. The van der Waals surface area contributed by atoms with Crippen molar-refractivity contribution in [3.05, 3.63) is 110 Å². The van der Waals surface area contributed by atoms with Gasteiger partial charge in [0.2, 0.25) is 5.91 Å². The van der Waals surface area contributed by atoms with Crippen molar-refractivity contribution in [1.29, 1.82) is 0 Å². The fourth-order valence-corrected chi connectivity index (χ4v) is 3.91. The summed E-state index contributed by atoms with van der Waals surface area (Å²) in [5.74, 6) is -0.348. The van der Waals surface area contributed by atoms with Gasteiger partial charge >= 0.3 is 5.69 Å². The number of benzene rings is 3. The molecule has 0 saturated heterocycles.